The van der Waals surface area contributed by atoms with Crippen LogP contribution in [-0.4, -0.2) is 42.0 Å². The first-order valence-electron chi connectivity index (χ1n) is 4.55. The van der Waals surface area contributed by atoms with Crippen LogP contribution in [0.1, 0.15) is 13.3 Å². The van der Waals surface area contributed by atoms with Crippen molar-refractivity contribution >= 4 is 7.85 Å². The molecule has 3 N–H and O–H groups in total. The van der Waals surface area contributed by atoms with E-state index in [4.69, 9.17) is 13.0 Å². The summed E-state index contributed by atoms with van der Waals surface area (Å²) in [5, 5.41) is 27.9. The second-order valence-corrected chi connectivity index (χ2v) is 3.48. The van der Waals surface area contributed by atoms with Gasteiger partial charge in [0, 0.05) is 5.92 Å². The number of hydrogen-bond acceptors (Lipinski definition) is 3. The van der Waals surface area contributed by atoms with E-state index in [1.54, 1.807) is 6.08 Å². The molecular weight excluding hydrogens is 167 g/mol. The average Bonchev–Trinajstić information content (AvgIpc) is 2.43. The van der Waals surface area contributed by atoms with E-state index in [1.165, 1.54) is 0 Å². The van der Waals surface area contributed by atoms with Crippen molar-refractivity contribution in [1.82, 2.24) is 0 Å². The minimum absolute atomic E-state index is 0.159. The zero-order valence-corrected chi connectivity index (χ0v) is 7.72. The lowest BCUT2D eigenvalue weighted by molar-refractivity contribution is 0.0235. The Labute approximate surface area is 79.5 Å². The molecule has 4 unspecified atom stereocenters. The first kappa shape index (κ1) is 10.8. The van der Waals surface area contributed by atoms with Crippen molar-refractivity contribution in [2.24, 2.45) is 5.92 Å². The Bertz CT molecular complexity index is 205. The maximum atomic E-state index is 9.57. The SMILES string of the molecule is [B]C(CC)C1C=C(CO)C(O)C1O. The van der Waals surface area contributed by atoms with Crippen LogP contribution < -0.4 is 0 Å². The first-order valence-corrected chi connectivity index (χ1v) is 4.55. The van der Waals surface area contributed by atoms with Gasteiger partial charge in [-0.25, -0.2) is 0 Å². The lowest BCUT2D eigenvalue weighted by Gasteiger charge is -2.22. The van der Waals surface area contributed by atoms with Gasteiger partial charge in [0.05, 0.1) is 20.6 Å². The van der Waals surface area contributed by atoms with Crippen molar-refractivity contribution in [3.05, 3.63) is 11.6 Å². The minimum atomic E-state index is -0.951. The van der Waals surface area contributed by atoms with E-state index in [0.717, 1.165) is 6.42 Å². The molecule has 0 saturated carbocycles. The summed E-state index contributed by atoms with van der Waals surface area (Å²) in [4.78, 5) is 0. The highest BCUT2D eigenvalue weighted by molar-refractivity contribution is 6.12. The molecule has 2 radical (unpaired) electrons. The van der Waals surface area contributed by atoms with Gasteiger partial charge in [-0.3, -0.25) is 0 Å². The van der Waals surface area contributed by atoms with Gasteiger partial charge < -0.3 is 15.3 Å². The van der Waals surface area contributed by atoms with Crippen LogP contribution in [0.5, 0.6) is 0 Å². The van der Waals surface area contributed by atoms with E-state index in [1.807, 2.05) is 6.92 Å². The standard InChI is InChI=1S/C9H15BO3/c1-2-7(10)6-3-5(4-11)8(12)9(6)13/h3,6-9,11-13H,2,4H2,1H3. The van der Waals surface area contributed by atoms with E-state index in [9.17, 15) is 10.2 Å². The van der Waals surface area contributed by atoms with Crippen molar-refractivity contribution in [1.29, 1.82) is 0 Å². The first-order chi connectivity index (χ1) is 6.11. The maximum absolute atomic E-state index is 9.57. The number of aliphatic hydroxyl groups is 3. The number of hydrogen-bond donors (Lipinski definition) is 3. The van der Waals surface area contributed by atoms with Crippen molar-refractivity contribution in [3.8, 4) is 0 Å². The summed E-state index contributed by atoms with van der Waals surface area (Å²) in [6.45, 7) is 1.71. The van der Waals surface area contributed by atoms with Crippen molar-refractivity contribution < 1.29 is 15.3 Å². The highest BCUT2D eigenvalue weighted by Gasteiger charge is 2.35. The molecule has 0 heterocycles. The molecule has 4 heteroatoms. The highest BCUT2D eigenvalue weighted by atomic mass is 16.3. The van der Waals surface area contributed by atoms with Gasteiger partial charge in [-0.15, -0.1) is 0 Å². The molecule has 0 spiro atoms. The number of rotatable bonds is 3. The predicted octanol–water partition coefficient (Wildman–Crippen LogP) is -0.376. The summed E-state index contributed by atoms with van der Waals surface area (Å²) >= 11 is 0. The Morgan fingerprint density at radius 2 is 2.15 bits per heavy atom. The van der Waals surface area contributed by atoms with Crippen LogP contribution in [0.3, 0.4) is 0 Å². The average molecular weight is 182 g/mol. The molecule has 0 aliphatic heterocycles. The monoisotopic (exact) mass is 182 g/mol. The minimum Gasteiger partial charge on any atom is -0.392 e. The van der Waals surface area contributed by atoms with Crippen molar-refractivity contribution in [2.45, 2.75) is 31.4 Å². The fraction of sp³-hybridized carbons (Fsp3) is 0.778. The lowest BCUT2D eigenvalue weighted by Crippen LogP contribution is -2.30. The zero-order chi connectivity index (χ0) is 10.0. The fourth-order valence-electron chi connectivity index (χ4n) is 1.67. The third kappa shape index (κ3) is 1.95. The van der Waals surface area contributed by atoms with Gasteiger partial charge >= 0.3 is 0 Å². The summed E-state index contributed by atoms with van der Waals surface area (Å²) in [5.41, 5.74) is 0.474. The quantitative estimate of drug-likeness (QED) is 0.412. The molecular formula is C9H15BO3. The molecule has 0 bridgehead atoms. The van der Waals surface area contributed by atoms with Crippen LogP contribution in [-0.2, 0) is 0 Å². The fourth-order valence-corrected chi connectivity index (χ4v) is 1.67. The summed E-state index contributed by atoms with van der Waals surface area (Å²) in [6.07, 6.45) is 0.609. The largest absolute Gasteiger partial charge is 0.392 e. The smallest absolute Gasteiger partial charge is 0.104 e. The molecule has 0 aromatic heterocycles. The molecule has 0 fully saturated rings. The van der Waals surface area contributed by atoms with E-state index in [-0.39, 0.29) is 18.3 Å². The van der Waals surface area contributed by atoms with Crippen LogP contribution in [0, 0.1) is 5.92 Å². The molecule has 1 aliphatic rings. The molecule has 1 aliphatic carbocycles. The van der Waals surface area contributed by atoms with Crippen LogP contribution >= 0.6 is 0 Å². The Morgan fingerprint density at radius 1 is 1.54 bits per heavy atom. The van der Waals surface area contributed by atoms with Gasteiger partial charge in [-0.2, -0.15) is 0 Å². The lowest BCUT2D eigenvalue weighted by atomic mass is 9.73. The van der Waals surface area contributed by atoms with Crippen LogP contribution in [0.2, 0.25) is 5.82 Å². The van der Waals surface area contributed by atoms with Crippen molar-refractivity contribution in [2.75, 3.05) is 6.61 Å². The maximum Gasteiger partial charge on any atom is 0.104 e. The Morgan fingerprint density at radius 3 is 2.54 bits per heavy atom. The molecule has 3 nitrogen and oxygen atoms in total. The summed E-state index contributed by atoms with van der Waals surface area (Å²) in [7, 11) is 5.75. The molecule has 0 amide bonds. The highest BCUT2D eigenvalue weighted by Crippen LogP contribution is 2.33. The molecule has 0 aromatic carbocycles. The van der Waals surface area contributed by atoms with Gasteiger partial charge in [0.1, 0.15) is 6.10 Å². The molecule has 13 heavy (non-hydrogen) atoms. The third-order valence-electron chi connectivity index (χ3n) is 2.65. The topological polar surface area (TPSA) is 60.7 Å². The molecule has 4 atom stereocenters. The number of aliphatic hydroxyl groups excluding tert-OH is 3. The predicted molar refractivity (Wildman–Crippen MR) is 50.5 cm³/mol. The zero-order valence-electron chi connectivity index (χ0n) is 7.72. The van der Waals surface area contributed by atoms with Gasteiger partial charge in [0.2, 0.25) is 0 Å². The van der Waals surface area contributed by atoms with Crippen LogP contribution in [0.4, 0.5) is 0 Å². The second kappa shape index (κ2) is 4.27. The summed E-state index contributed by atoms with van der Waals surface area (Å²) in [6, 6.07) is 0. The second-order valence-electron chi connectivity index (χ2n) is 3.48. The third-order valence-corrected chi connectivity index (χ3v) is 2.65. The van der Waals surface area contributed by atoms with E-state index in [0.29, 0.717) is 5.57 Å². The molecule has 0 saturated heterocycles. The van der Waals surface area contributed by atoms with E-state index < -0.39 is 12.2 Å². The molecule has 1 rings (SSSR count). The van der Waals surface area contributed by atoms with Gasteiger partial charge in [-0.1, -0.05) is 25.2 Å². The van der Waals surface area contributed by atoms with Gasteiger partial charge in [0.15, 0.2) is 0 Å². The Kier molecular flexibility index (Phi) is 3.53. The Hall–Kier alpha value is -0.315. The van der Waals surface area contributed by atoms with Gasteiger partial charge in [0.25, 0.3) is 0 Å². The molecule has 0 aromatic rings. The summed E-state index contributed by atoms with van der Waals surface area (Å²) in [5.74, 6) is -0.393. The van der Waals surface area contributed by atoms with Crippen LogP contribution in [0.15, 0.2) is 11.6 Å². The van der Waals surface area contributed by atoms with E-state index in [2.05, 4.69) is 0 Å². The van der Waals surface area contributed by atoms with Gasteiger partial charge in [-0.05, 0) is 5.57 Å². The van der Waals surface area contributed by atoms with Crippen LogP contribution in [0.25, 0.3) is 0 Å². The van der Waals surface area contributed by atoms with E-state index >= 15 is 0 Å². The normalized spacial score (nSPS) is 36.0. The summed E-state index contributed by atoms with van der Waals surface area (Å²) < 4.78 is 0. The molecule has 72 valence electrons. The van der Waals surface area contributed by atoms with Crippen molar-refractivity contribution in [3.63, 3.8) is 0 Å². The Balaban J connectivity index is 2.73.